The number of ether oxygens (including phenoxy) is 3. The summed E-state index contributed by atoms with van der Waals surface area (Å²) in [5.74, 6) is 0. The van der Waals surface area contributed by atoms with E-state index in [0.717, 1.165) is 0 Å². The molecule has 10 heteroatoms. The van der Waals surface area contributed by atoms with Crippen molar-refractivity contribution in [2.75, 3.05) is 6.61 Å². The maximum atomic E-state index is 9.92. The Balaban J connectivity index is 2.07. The second-order valence-corrected chi connectivity index (χ2v) is 5.76. The largest absolute Gasteiger partial charge is 0.394 e. The highest BCUT2D eigenvalue weighted by molar-refractivity contribution is 4.92. The highest BCUT2D eigenvalue weighted by Crippen LogP contribution is 2.28. The van der Waals surface area contributed by atoms with Crippen molar-refractivity contribution in [1.29, 1.82) is 0 Å². The molecule has 0 radical (unpaired) electrons. The molecule has 0 aromatic carbocycles. The van der Waals surface area contributed by atoms with E-state index in [4.69, 9.17) is 19.3 Å². The molecule has 0 amide bonds. The van der Waals surface area contributed by atoms with Gasteiger partial charge in [0.1, 0.15) is 42.7 Å². The third-order valence-corrected chi connectivity index (χ3v) is 4.19. The smallest absolute Gasteiger partial charge is 0.189 e. The molecule has 2 fully saturated rings. The van der Waals surface area contributed by atoms with E-state index in [0.29, 0.717) is 6.42 Å². The van der Waals surface area contributed by atoms with Crippen LogP contribution in [0.25, 0.3) is 0 Å². The van der Waals surface area contributed by atoms with Crippen molar-refractivity contribution in [3.63, 3.8) is 0 Å². The van der Waals surface area contributed by atoms with E-state index in [-0.39, 0.29) is 0 Å². The van der Waals surface area contributed by atoms with E-state index in [1.807, 2.05) is 0 Å². The molecular formula is C13H24O10. The van der Waals surface area contributed by atoms with Gasteiger partial charge in [-0.15, -0.1) is 0 Å². The number of aliphatic hydroxyl groups excluding tert-OH is 7. The molecule has 10 unspecified atom stereocenters. The minimum Gasteiger partial charge on any atom is -0.394 e. The molecule has 136 valence electrons. The summed E-state index contributed by atoms with van der Waals surface area (Å²) in [5.41, 5.74) is 0. The summed E-state index contributed by atoms with van der Waals surface area (Å²) >= 11 is 0. The summed E-state index contributed by atoms with van der Waals surface area (Å²) in [6.45, 7) is 1.07. The fourth-order valence-corrected chi connectivity index (χ4v) is 2.68. The molecule has 7 N–H and O–H groups in total. The van der Waals surface area contributed by atoms with E-state index in [2.05, 4.69) is 0 Å². The maximum Gasteiger partial charge on any atom is 0.189 e. The first-order valence-electron chi connectivity index (χ1n) is 7.47. The van der Waals surface area contributed by atoms with Gasteiger partial charge in [-0.25, -0.2) is 0 Å². The van der Waals surface area contributed by atoms with Crippen molar-refractivity contribution < 1.29 is 50.0 Å². The van der Waals surface area contributed by atoms with Crippen LogP contribution in [-0.4, -0.2) is 104 Å². The molecule has 0 aromatic heterocycles. The molecule has 23 heavy (non-hydrogen) atoms. The van der Waals surface area contributed by atoms with Crippen LogP contribution >= 0.6 is 0 Å². The average molecular weight is 340 g/mol. The number of rotatable bonds is 4. The van der Waals surface area contributed by atoms with Crippen LogP contribution in [0.3, 0.4) is 0 Å². The fourth-order valence-electron chi connectivity index (χ4n) is 2.68. The van der Waals surface area contributed by atoms with Crippen molar-refractivity contribution in [3.05, 3.63) is 0 Å². The van der Waals surface area contributed by atoms with Crippen molar-refractivity contribution in [1.82, 2.24) is 0 Å². The first kappa shape index (κ1) is 18.9. The van der Waals surface area contributed by atoms with Crippen LogP contribution < -0.4 is 0 Å². The van der Waals surface area contributed by atoms with Crippen molar-refractivity contribution in [2.24, 2.45) is 0 Å². The zero-order valence-corrected chi connectivity index (χ0v) is 12.5. The summed E-state index contributed by atoms with van der Waals surface area (Å²) in [6, 6.07) is 0. The topological polar surface area (TPSA) is 169 Å². The van der Waals surface area contributed by atoms with Gasteiger partial charge in [-0.2, -0.15) is 0 Å². The Hall–Kier alpha value is -0.400. The Labute approximate surface area is 132 Å². The molecule has 0 bridgehead atoms. The van der Waals surface area contributed by atoms with E-state index >= 15 is 0 Å². The Bertz CT molecular complexity index is 344. The lowest BCUT2D eigenvalue weighted by atomic mass is 9.97. The molecular weight excluding hydrogens is 316 g/mol. The quantitative estimate of drug-likeness (QED) is 0.268. The van der Waals surface area contributed by atoms with E-state index in [9.17, 15) is 30.6 Å². The highest BCUT2D eigenvalue weighted by atomic mass is 16.8. The predicted octanol–water partition coefficient (Wildman–Crippen LogP) is -3.98. The zero-order chi connectivity index (χ0) is 17.3. The molecule has 10 nitrogen and oxygen atoms in total. The lowest BCUT2D eigenvalue weighted by Gasteiger charge is -2.44. The fraction of sp³-hybridized carbons (Fsp3) is 1.00. The summed E-state index contributed by atoms with van der Waals surface area (Å²) < 4.78 is 15.7. The number of hydrogen-bond acceptors (Lipinski definition) is 10. The Kier molecular flexibility index (Phi) is 6.30. The average Bonchev–Trinajstić information content (AvgIpc) is 2.55. The molecule has 0 aliphatic carbocycles. The van der Waals surface area contributed by atoms with E-state index in [1.54, 1.807) is 6.92 Å². The van der Waals surface area contributed by atoms with Crippen molar-refractivity contribution >= 4 is 0 Å². The molecule has 0 saturated carbocycles. The second-order valence-electron chi connectivity index (χ2n) is 5.76. The normalized spacial score (nSPS) is 51.7. The minimum atomic E-state index is -1.66. The monoisotopic (exact) mass is 340 g/mol. The van der Waals surface area contributed by atoms with Crippen LogP contribution in [0.15, 0.2) is 0 Å². The van der Waals surface area contributed by atoms with Gasteiger partial charge in [-0.05, 0) is 6.42 Å². The van der Waals surface area contributed by atoms with Gasteiger partial charge in [0, 0.05) is 0 Å². The van der Waals surface area contributed by atoms with Crippen molar-refractivity contribution in [3.8, 4) is 0 Å². The van der Waals surface area contributed by atoms with Crippen molar-refractivity contribution in [2.45, 2.75) is 74.8 Å². The van der Waals surface area contributed by atoms with E-state index in [1.165, 1.54) is 0 Å². The maximum absolute atomic E-state index is 9.92. The van der Waals surface area contributed by atoms with Crippen LogP contribution in [0, 0.1) is 0 Å². The third-order valence-electron chi connectivity index (χ3n) is 4.19. The molecule has 0 spiro atoms. The Morgan fingerprint density at radius 2 is 1.13 bits per heavy atom. The lowest BCUT2D eigenvalue weighted by molar-refractivity contribution is -0.375. The van der Waals surface area contributed by atoms with Crippen LogP contribution in [0.5, 0.6) is 0 Å². The van der Waals surface area contributed by atoms with Crippen LogP contribution in [0.1, 0.15) is 13.3 Å². The SMILES string of the molecule is CCC1OC(OC2OC(CO)C(O)C(O)C2O)C(O)C(O)C1O. The predicted molar refractivity (Wildman–Crippen MR) is 71.8 cm³/mol. The molecule has 2 heterocycles. The summed E-state index contributed by atoms with van der Waals surface area (Å²) in [5, 5.41) is 67.9. The summed E-state index contributed by atoms with van der Waals surface area (Å²) in [7, 11) is 0. The second kappa shape index (κ2) is 7.66. The molecule has 2 aliphatic rings. The van der Waals surface area contributed by atoms with E-state index < -0.39 is 68.0 Å². The van der Waals surface area contributed by atoms with Crippen LogP contribution in [0.4, 0.5) is 0 Å². The third kappa shape index (κ3) is 3.66. The van der Waals surface area contributed by atoms with Gasteiger partial charge >= 0.3 is 0 Å². The minimum absolute atomic E-state index is 0.333. The van der Waals surface area contributed by atoms with Gasteiger partial charge in [-0.3, -0.25) is 0 Å². The van der Waals surface area contributed by atoms with Crippen LogP contribution in [0.2, 0.25) is 0 Å². The van der Waals surface area contributed by atoms with Gasteiger partial charge in [0.15, 0.2) is 12.6 Å². The molecule has 0 aromatic rings. The molecule has 2 rings (SSSR count). The highest BCUT2D eigenvalue weighted by Gasteiger charge is 2.49. The molecule has 10 atom stereocenters. The lowest BCUT2D eigenvalue weighted by Crippen LogP contribution is -2.63. The first-order valence-corrected chi connectivity index (χ1v) is 7.47. The Morgan fingerprint density at radius 1 is 0.696 bits per heavy atom. The summed E-state index contributed by atoms with van der Waals surface area (Å²) in [6.07, 6.45) is -13.8. The molecule has 2 aliphatic heterocycles. The first-order chi connectivity index (χ1) is 10.8. The summed E-state index contributed by atoms with van der Waals surface area (Å²) in [4.78, 5) is 0. The Morgan fingerprint density at radius 3 is 1.57 bits per heavy atom. The number of aliphatic hydroxyl groups is 7. The van der Waals surface area contributed by atoms with Crippen LogP contribution in [-0.2, 0) is 14.2 Å². The van der Waals surface area contributed by atoms with Gasteiger partial charge < -0.3 is 50.0 Å². The van der Waals surface area contributed by atoms with Gasteiger partial charge in [0.05, 0.1) is 12.7 Å². The van der Waals surface area contributed by atoms with Gasteiger partial charge in [-0.1, -0.05) is 6.92 Å². The zero-order valence-electron chi connectivity index (χ0n) is 12.5. The number of hydrogen-bond donors (Lipinski definition) is 7. The van der Waals surface area contributed by atoms with Gasteiger partial charge in [0.25, 0.3) is 0 Å². The molecule has 2 saturated heterocycles. The standard InChI is InChI=1S/C13H24O10/c1-2-4-6(15)8(17)10(19)12(21-4)23-13-11(20)9(18)7(16)5(3-14)22-13/h4-20H,2-3H2,1H3. The van der Waals surface area contributed by atoms with Gasteiger partial charge in [0.2, 0.25) is 0 Å².